The second-order valence-electron chi connectivity index (χ2n) is 5.63. The van der Waals surface area contributed by atoms with Gasteiger partial charge in [-0.15, -0.1) is 11.8 Å². The zero-order valence-electron chi connectivity index (χ0n) is 13.8. The van der Waals surface area contributed by atoms with Crippen LogP contribution in [0.15, 0.2) is 23.1 Å². The van der Waals surface area contributed by atoms with Crippen LogP contribution in [0.1, 0.15) is 33.3 Å². The summed E-state index contributed by atoms with van der Waals surface area (Å²) in [5.74, 6) is 1.44. The van der Waals surface area contributed by atoms with Gasteiger partial charge in [0.1, 0.15) is 5.82 Å². The first-order chi connectivity index (χ1) is 10.1. The molecule has 1 N–H and O–H groups in total. The zero-order chi connectivity index (χ0) is 15.7. The van der Waals surface area contributed by atoms with Crippen LogP contribution in [0.2, 0.25) is 0 Å². The second kappa shape index (κ2) is 10.2. The summed E-state index contributed by atoms with van der Waals surface area (Å²) in [6.07, 6.45) is 0. The summed E-state index contributed by atoms with van der Waals surface area (Å²) in [6.45, 7) is 13.5. The predicted octanol–water partition coefficient (Wildman–Crippen LogP) is 4.01. The lowest BCUT2D eigenvalue weighted by atomic mass is 10.2. The summed E-state index contributed by atoms with van der Waals surface area (Å²) in [7, 11) is 0. The minimum Gasteiger partial charge on any atom is -0.312 e. The highest BCUT2D eigenvalue weighted by molar-refractivity contribution is 7.99. The first kappa shape index (κ1) is 18.5. The molecule has 0 aliphatic heterocycles. The lowest BCUT2D eigenvalue weighted by Crippen LogP contribution is -2.25. The summed E-state index contributed by atoms with van der Waals surface area (Å²) in [5.41, 5.74) is 1.07. The van der Waals surface area contributed by atoms with Gasteiger partial charge in [0.05, 0.1) is 0 Å². The third-order valence-electron chi connectivity index (χ3n) is 3.46. The van der Waals surface area contributed by atoms with Gasteiger partial charge in [-0.1, -0.05) is 39.8 Å². The fourth-order valence-electron chi connectivity index (χ4n) is 2.17. The van der Waals surface area contributed by atoms with Crippen LogP contribution < -0.4 is 5.32 Å². The van der Waals surface area contributed by atoms with Gasteiger partial charge >= 0.3 is 0 Å². The van der Waals surface area contributed by atoms with Crippen molar-refractivity contribution in [1.82, 2.24) is 10.2 Å². The van der Waals surface area contributed by atoms with E-state index in [1.165, 1.54) is 0 Å². The van der Waals surface area contributed by atoms with Gasteiger partial charge < -0.3 is 10.2 Å². The molecule has 120 valence electrons. The number of nitrogens with one attached hydrogen (secondary N) is 1. The molecular formula is C17H29FN2S. The third-order valence-corrected chi connectivity index (χ3v) is 4.60. The Balaban J connectivity index is 2.58. The third kappa shape index (κ3) is 6.81. The Morgan fingerprint density at radius 2 is 1.95 bits per heavy atom. The maximum Gasteiger partial charge on any atom is 0.137 e. The van der Waals surface area contributed by atoms with Gasteiger partial charge in [-0.2, -0.15) is 0 Å². The van der Waals surface area contributed by atoms with Crippen molar-refractivity contribution in [2.24, 2.45) is 5.92 Å². The van der Waals surface area contributed by atoms with Gasteiger partial charge in [-0.3, -0.25) is 0 Å². The summed E-state index contributed by atoms with van der Waals surface area (Å²) in [6, 6.07) is 5.39. The van der Waals surface area contributed by atoms with Gasteiger partial charge in [0, 0.05) is 23.7 Å². The van der Waals surface area contributed by atoms with Crippen molar-refractivity contribution in [3.8, 4) is 0 Å². The predicted molar refractivity (Wildman–Crippen MR) is 91.5 cm³/mol. The molecule has 0 fully saturated rings. The molecule has 0 saturated heterocycles. The lowest BCUT2D eigenvalue weighted by Gasteiger charge is -2.18. The molecule has 1 aromatic rings. The highest BCUT2D eigenvalue weighted by Gasteiger charge is 2.10. The fraction of sp³-hybridized carbons (Fsp3) is 0.647. The van der Waals surface area contributed by atoms with E-state index in [0.29, 0.717) is 5.92 Å². The largest absolute Gasteiger partial charge is 0.312 e. The standard InChI is InChI=1S/C17H29FN2S/c1-5-20(6-2)10-11-21-17-15(8-7-9-16(17)18)13-19-12-14(3)4/h7-9,14,19H,5-6,10-13H2,1-4H3. The van der Waals surface area contributed by atoms with Crippen LogP contribution in [0, 0.1) is 11.7 Å². The van der Waals surface area contributed by atoms with Crippen molar-refractivity contribution in [2.45, 2.75) is 39.1 Å². The molecule has 0 aliphatic rings. The van der Waals surface area contributed by atoms with E-state index in [4.69, 9.17) is 0 Å². The molecule has 2 nitrogen and oxygen atoms in total. The summed E-state index contributed by atoms with van der Waals surface area (Å²) < 4.78 is 14.1. The quantitative estimate of drug-likeness (QED) is 0.657. The van der Waals surface area contributed by atoms with Crippen molar-refractivity contribution in [2.75, 3.05) is 31.9 Å². The average molecular weight is 312 g/mol. The van der Waals surface area contributed by atoms with Crippen LogP contribution in [-0.2, 0) is 6.54 Å². The Labute approximate surface area is 133 Å². The Morgan fingerprint density at radius 3 is 2.57 bits per heavy atom. The summed E-state index contributed by atoms with van der Waals surface area (Å²) in [4.78, 5) is 3.17. The molecule has 0 aliphatic carbocycles. The topological polar surface area (TPSA) is 15.3 Å². The van der Waals surface area contributed by atoms with E-state index in [-0.39, 0.29) is 5.82 Å². The maximum atomic E-state index is 14.1. The van der Waals surface area contributed by atoms with Crippen LogP contribution in [0.4, 0.5) is 4.39 Å². The Kier molecular flexibility index (Phi) is 8.97. The van der Waals surface area contributed by atoms with Crippen molar-refractivity contribution in [3.05, 3.63) is 29.6 Å². The van der Waals surface area contributed by atoms with Gasteiger partial charge in [0.15, 0.2) is 0 Å². The molecular weight excluding hydrogens is 283 g/mol. The zero-order valence-corrected chi connectivity index (χ0v) is 14.6. The van der Waals surface area contributed by atoms with Crippen molar-refractivity contribution < 1.29 is 4.39 Å². The van der Waals surface area contributed by atoms with E-state index in [1.807, 2.05) is 6.07 Å². The molecule has 21 heavy (non-hydrogen) atoms. The van der Waals surface area contributed by atoms with E-state index < -0.39 is 0 Å². The maximum absolute atomic E-state index is 14.1. The van der Waals surface area contributed by atoms with E-state index in [1.54, 1.807) is 23.9 Å². The van der Waals surface area contributed by atoms with Crippen LogP contribution in [0.25, 0.3) is 0 Å². The Morgan fingerprint density at radius 1 is 1.24 bits per heavy atom. The normalized spacial score (nSPS) is 11.6. The molecule has 0 radical (unpaired) electrons. The molecule has 4 heteroatoms. The van der Waals surface area contributed by atoms with Crippen molar-refractivity contribution in [1.29, 1.82) is 0 Å². The number of thioether (sulfide) groups is 1. The van der Waals surface area contributed by atoms with E-state index in [0.717, 1.165) is 48.9 Å². The first-order valence-corrected chi connectivity index (χ1v) is 8.90. The number of nitrogens with zero attached hydrogens (tertiary/aromatic N) is 1. The second-order valence-corrected chi connectivity index (χ2v) is 6.73. The van der Waals surface area contributed by atoms with E-state index >= 15 is 0 Å². The van der Waals surface area contributed by atoms with Crippen LogP contribution in [0.3, 0.4) is 0 Å². The minimum absolute atomic E-state index is 0.0941. The van der Waals surface area contributed by atoms with E-state index in [2.05, 4.69) is 37.9 Å². The molecule has 0 amide bonds. The smallest absolute Gasteiger partial charge is 0.137 e. The lowest BCUT2D eigenvalue weighted by molar-refractivity contribution is 0.324. The number of hydrogen-bond acceptors (Lipinski definition) is 3. The number of halogens is 1. The van der Waals surface area contributed by atoms with Crippen LogP contribution >= 0.6 is 11.8 Å². The molecule has 1 aromatic carbocycles. The van der Waals surface area contributed by atoms with Gasteiger partial charge in [0.2, 0.25) is 0 Å². The van der Waals surface area contributed by atoms with Crippen molar-refractivity contribution in [3.63, 3.8) is 0 Å². The summed E-state index contributed by atoms with van der Waals surface area (Å²) >= 11 is 1.63. The monoisotopic (exact) mass is 312 g/mol. The minimum atomic E-state index is -0.0941. The molecule has 1 rings (SSSR count). The number of rotatable bonds is 10. The number of hydrogen-bond donors (Lipinski definition) is 1. The fourth-order valence-corrected chi connectivity index (χ4v) is 3.25. The molecule has 0 heterocycles. The SMILES string of the molecule is CCN(CC)CCSc1c(F)cccc1CNCC(C)C. The van der Waals surface area contributed by atoms with Crippen LogP contribution in [0.5, 0.6) is 0 Å². The average Bonchev–Trinajstić information content (AvgIpc) is 2.45. The van der Waals surface area contributed by atoms with Gasteiger partial charge in [-0.05, 0) is 37.2 Å². The number of benzene rings is 1. The molecule has 0 unspecified atom stereocenters. The van der Waals surface area contributed by atoms with Gasteiger partial charge in [0.25, 0.3) is 0 Å². The van der Waals surface area contributed by atoms with Crippen LogP contribution in [-0.4, -0.2) is 36.8 Å². The first-order valence-electron chi connectivity index (χ1n) is 7.91. The van der Waals surface area contributed by atoms with E-state index in [9.17, 15) is 4.39 Å². The molecule has 0 spiro atoms. The molecule has 0 saturated carbocycles. The van der Waals surface area contributed by atoms with Gasteiger partial charge in [-0.25, -0.2) is 4.39 Å². The molecule has 0 aromatic heterocycles. The Bertz CT molecular complexity index is 406. The van der Waals surface area contributed by atoms with Crippen molar-refractivity contribution >= 4 is 11.8 Å². The highest BCUT2D eigenvalue weighted by atomic mass is 32.2. The molecule has 0 bridgehead atoms. The Hall–Kier alpha value is -0.580. The highest BCUT2D eigenvalue weighted by Crippen LogP contribution is 2.26. The molecule has 0 atom stereocenters. The summed E-state index contributed by atoms with van der Waals surface area (Å²) in [5, 5.41) is 3.40.